The predicted octanol–water partition coefficient (Wildman–Crippen LogP) is 2.59. The number of pyridine rings is 1. The van der Waals surface area contributed by atoms with E-state index >= 15 is 0 Å². The van der Waals surface area contributed by atoms with E-state index in [2.05, 4.69) is 38.2 Å². The number of piperazine rings is 1. The lowest BCUT2D eigenvalue weighted by molar-refractivity contribution is -0.210. The normalized spacial score (nSPS) is 28.5. The summed E-state index contributed by atoms with van der Waals surface area (Å²) in [5.41, 5.74) is 7.78. The molecule has 7 heteroatoms. The number of aromatic nitrogens is 1. The molecular formula is C25H32N6O. The topological polar surface area (TPSA) is 86.8 Å². The molecule has 3 aliphatic carbocycles. The summed E-state index contributed by atoms with van der Waals surface area (Å²) in [7, 11) is 3.91. The van der Waals surface area contributed by atoms with Crippen molar-refractivity contribution in [2.75, 3.05) is 52.1 Å². The second-order valence-electron chi connectivity index (χ2n) is 9.98. The molecule has 2 bridgehead atoms. The maximum atomic E-state index is 13.1. The molecule has 1 aliphatic heterocycles. The van der Waals surface area contributed by atoms with Gasteiger partial charge in [-0.25, -0.2) is 4.98 Å². The highest BCUT2D eigenvalue weighted by Gasteiger charge is 2.71. The smallest absolute Gasteiger partial charge is 0.231 e. The van der Waals surface area contributed by atoms with Gasteiger partial charge in [0.15, 0.2) is 0 Å². The molecule has 1 aromatic carbocycles. The zero-order valence-electron chi connectivity index (χ0n) is 19.0. The van der Waals surface area contributed by atoms with E-state index in [1.807, 2.05) is 24.4 Å². The third kappa shape index (κ3) is 3.69. The van der Waals surface area contributed by atoms with Gasteiger partial charge < -0.3 is 20.9 Å². The van der Waals surface area contributed by atoms with Crippen molar-refractivity contribution in [3.63, 3.8) is 0 Å². The lowest BCUT2D eigenvalue weighted by atomic mass is 9.34. The number of likely N-dealkylation sites (N-methyl/N-ethyl adjacent to an activating group) is 1. The molecule has 0 spiro atoms. The van der Waals surface area contributed by atoms with Gasteiger partial charge in [-0.15, -0.1) is 0 Å². The van der Waals surface area contributed by atoms with Crippen molar-refractivity contribution in [1.82, 2.24) is 14.8 Å². The minimum Gasteiger partial charge on any atom is -0.404 e. The van der Waals surface area contributed by atoms with Gasteiger partial charge in [-0.3, -0.25) is 9.79 Å². The number of aliphatic imine (C=N–C) groups is 1. The number of hydrogen-bond donors (Lipinski definition) is 2. The van der Waals surface area contributed by atoms with Gasteiger partial charge >= 0.3 is 0 Å². The van der Waals surface area contributed by atoms with Crippen LogP contribution >= 0.6 is 0 Å². The molecule has 1 saturated heterocycles. The average molecular weight is 433 g/mol. The van der Waals surface area contributed by atoms with Crippen LogP contribution in [0, 0.1) is 10.8 Å². The van der Waals surface area contributed by atoms with E-state index in [0.717, 1.165) is 73.9 Å². The largest absolute Gasteiger partial charge is 0.404 e. The lowest BCUT2D eigenvalue weighted by Gasteiger charge is -2.70. The van der Waals surface area contributed by atoms with Crippen LogP contribution in [-0.2, 0) is 4.79 Å². The van der Waals surface area contributed by atoms with E-state index in [1.54, 1.807) is 19.5 Å². The Kier molecular flexibility index (Phi) is 5.26. The number of amides is 1. The van der Waals surface area contributed by atoms with E-state index in [4.69, 9.17) is 5.73 Å². The van der Waals surface area contributed by atoms with Crippen molar-refractivity contribution < 1.29 is 4.79 Å². The van der Waals surface area contributed by atoms with E-state index in [0.29, 0.717) is 11.2 Å². The first kappa shape index (κ1) is 21.1. The van der Waals surface area contributed by atoms with Crippen molar-refractivity contribution in [3.8, 4) is 0 Å². The summed E-state index contributed by atoms with van der Waals surface area (Å²) in [5, 5.41) is 5.13. The summed E-state index contributed by atoms with van der Waals surface area (Å²) >= 11 is 0. The first-order chi connectivity index (χ1) is 15.4. The molecular weight excluding hydrogens is 400 g/mol. The number of nitrogens with one attached hydrogen (secondary N) is 1. The Labute approximate surface area is 189 Å². The molecule has 7 nitrogen and oxygen atoms in total. The van der Waals surface area contributed by atoms with Crippen molar-refractivity contribution >= 4 is 34.3 Å². The number of anilines is 1. The third-order valence-electron chi connectivity index (χ3n) is 7.52. The van der Waals surface area contributed by atoms with E-state index in [9.17, 15) is 4.79 Å². The van der Waals surface area contributed by atoms with Crippen LogP contribution in [0.1, 0.15) is 24.8 Å². The number of hydrogen-bond acceptors (Lipinski definition) is 6. The monoisotopic (exact) mass is 432 g/mol. The number of benzene rings is 1. The lowest BCUT2D eigenvalue weighted by Crippen LogP contribution is -2.70. The highest BCUT2D eigenvalue weighted by atomic mass is 16.2. The Morgan fingerprint density at radius 2 is 1.94 bits per heavy atom. The minimum atomic E-state index is -0.182. The first-order valence-electron chi connectivity index (χ1n) is 11.4. The van der Waals surface area contributed by atoms with Crippen LogP contribution in [0.2, 0.25) is 0 Å². The number of nitrogens with zero attached hydrogens (tertiary/aromatic N) is 4. The van der Waals surface area contributed by atoms with Gasteiger partial charge in [-0.1, -0.05) is 12.1 Å². The Morgan fingerprint density at radius 1 is 1.19 bits per heavy atom. The Bertz CT molecular complexity index is 1080. The first-order valence-corrected chi connectivity index (χ1v) is 11.4. The minimum absolute atomic E-state index is 0.126. The zero-order chi connectivity index (χ0) is 22.3. The van der Waals surface area contributed by atoms with Crippen LogP contribution in [0.5, 0.6) is 0 Å². The fourth-order valence-electron chi connectivity index (χ4n) is 5.88. The van der Waals surface area contributed by atoms with E-state index in [1.165, 1.54) is 0 Å². The number of carbonyl (C=O) groups is 1. The summed E-state index contributed by atoms with van der Waals surface area (Å²) in [6, 6.07) is 8.02. The molecule has 4 fully saturated rings. The Hall–Kier alpha value is -2.77. The number of rotatable bonds is 6. The summed E-state index contributed by atoms with van der Waals surface area (Å²) < 4.78 is 0. The fourth-order valence-corrected chi connectivity index (χ4v) is 5.88. The fraction of sp³-hybridized carbons (Fsp3) is 0.480. The second-order valence-corrected chi connectivity index (χ2v) is 9.98. The molecule has 3 saturated carbocycles. The van der Waals surface area contributed by atoms with Crippen molar-refractivity contribution in [3.05, 3.63) is 42.2 Å². The SMILES string of the molecule is CN=CC(=CN)c1ccc2cnc(NC(=O)C34CC(CN5CCN(C)CC5)(C3)C4)cc2c1. The summed E-state index contributed by atoms with van der Waals surface area (Å²) in [4.78, 5) is 26.6. The molecule has 32 heavy (non-hydrogen) atoms. The molecule has 0 unspecified atom stereocenters. The number of allylic oxidation sites excluding steroid dienone is 1. The molecule has 2 aromatic rings. The van der Waals surface area contributed by atoms with Crippen molar-refractivity contribution in [1.29, 1.82) is 0 Å². The predicted molar refractivity (Wildman–Crippen MR) is 130 cm³/mol. The van der Waals surface area contributed by atoms with E-state index in [-0.39, 0.29) is 11.3 Å². The molecule has 0 radical (unpaired) electrons. The zero-order valence-corrected chi connectivity index (χ0v) is 19.0. The standard InChI is InChI=1S/C25H32N6O/c1-27-12-21(11-26)18-3-4-19-13-28-22(10-20(19)9-18)29-23(32)25-14-24(15-25,16-25)17-31-7-5-30(2)6-8-31/h3-4,9-13H,5-8,14-17,26H2,1-2H3,(H,28,29,32). The molecule has 3 N–H and O–H groups in total. The molecule has 4 aliphatic rings. The number of nitrogens with two attached hydrogens (primary N) is 1. The molecule has 6 rings (SSSR count). The van der Waals surface area contributed by atoms with Gasteiger partial charge in [-0.2, -0.15) is 0 Å². The van der Waals surface area contributed by atoms with Crippen molar-refractivity contribution in [2.24, 2.45) is 21.6 Å². The highest BCUT2D eigenvalue weighted by molar-refractivity contribution is 6.10. The van der Waals surface area contributed by atoms with Gasteiger partial charge in [0.2, 0.25) is 5.91 Å². The number of carbonyl (C=O) groups excluding carboxylic acids is 1. The molecule has 1 aromatic heterocycles. The van der Waals surface area contributed by atoms with Crippen LogP contribution in [0.25, 0.3) is 16.3 Å². The summed E-state index contributed by atoms with van der Waals surface area (Å²) in [6.07, 6.45) is 8.14. The molecule has 1 amide bonds. The van der Waals surface area contributed by atoms with Crippen LogP contribution in [-0.4, -0.2) is 73.7 Å². The highest BCUT2D eigenvalue weighted by Crippen LogP contribution is 2.73. The Morgan fingerprint density at radius 3 is 2.62 bits per heavy atom. The van der Waals surface area contributed by atoms with Gasteiger partial charge in [-0.05, 0) is 54.8 Å². The Balaban J connectivity index is 1.23. The van der Waals surface area contributed by atoms with Crippen molar-refractivity contribution in [2.45, 2.75) is 19.3 Å². The molecule has 0 atom stereocenters. The van der Waals surface area contributed by atoms with E-state index < -0.39 is 0 Å². The second kappa shape index (κ2) is 7.98. The molecule has 2 heterocycles. The van der Waals surface area contributed by atoms with Gasteiger partial charge in [0, 0.05) is 69.3 Å². The van der Waals surface area contributed by atoms with Crippen LogP contribution < -0.4 is 11.1 Å². The third-order valence-corrected chi connectivity index (χ3v) is 7.52. The quantitative estimate of drug-likeness (QED) is 0.685. The number of fused-ring (bicyclic) bond motifs is 1. The summed E-state index contributed by atoms with van der Waals surface area (Å²) in [6.45, 7) is 5.72. The molecule has 168 valence electrons. The van der Waals surface area contributed by atoms with Gasteiger partial charge in [0.05, 0.1) is 5.41 Å². The van der Waals surface area contributed by atoms with Crippen LogP contribution in [0.15, 0.2) is 41.7 Å². The average Bonchev–Trinajstić information content (AvgIpc) is 2.74. The summed E-state index contributed by atoms with van der Waals surface area (Å²) in [5.74, 6) is 0.737. The van der Waals surface area contributed by atoms with Crippen LogP contribution in [0.4, 0.5) is 5.82 Å². The maximum absolute atomic E-state index is 13.1. The van der Waals surface area contributed by atoms with Gasteiger partial charge in [0.1, 0.15) is 5.82 Å². The van der Waals surface area contributed by atoms with Crippen LogP contribution in [0.3, 0.4) is 0 Å². The van der Waals surface area contributed by atoms with Gasteiger partial charge in [0.25, 0.3) is 0 Å². The maximum Gasteiger partial charge on any atom is 0.231 e.